The Bertz CT molecular complexity index is 149. The molecule has 1 N–H and O–H groups in total. The quantitative estimate of drug-likeness (QED) is 0.563. The van der Waals surface area contributed by atoms with Crippen LogP contribution in [0.4, 0.5) is 5.82 Å². The van der Waals surface area contributed by atoms with E-state index in [4.69, 9.17) is 0 Å². The van der Waals surface area contributed by atoms with Gasteiger partial charge in [-0.25, -0.2) is 4.98 Å². The molecule has 0 unspecified atom stereocenters. The molecule has 0 spiro atoms. The molecule has 0 bridgehead atoms. The van der Waals surface area contributed by atoms with Crippen molar-refractivity contribution in [2.75, 3.05) is 12.4 Å². The molecule has 0 amide bonds. The van der Waals surface area contributed by atoms with E-state index in [-0.39, 0.29) is 0 Å². The molecular weight excluding hydrogens is 102 g/mol. The standard InChI is InChI=1S/C5H6N3/c1-6-5-4-7-2-3-8-5/h2,4H,1H3,(H,6,8). The van der Waals surface area contributed by atoms with Gasteiger partial charge in [-0.3, -0.25) is 4.98 Å². The lowest BCUT2D eigenvalue weighted by atomic mass is 10.7. The van der Waals surface area contributed by atoms with Crippen LogP contribution in [0.1, 0.15) is 0 Å². The Kier molecular flexibility index (Phi) is 1.42. The van der Waals surface area contributed by atoms with Crippen LogP contribution in [0.15, 0.2) is 12.4 Å². The monoisotopic (exact) mass is 108 g/mol. The van der Waals surface area contributed by atoms with Gasteiger partial charge in [0.05, 0.1) is 12.4 Å². The molecule has 0 aliphatic carbocycles. The lowest BCUT2D eigenvalue weighted by molar-refractivity contribution is 1.18. The van der Waals surface area contributed by atoms with E-state index in [1.165, 1.54) is 6.20 Å². The normalized spacial score (nSPS) is 8.62. The van der Waals surface area contributed by atoms with E-state index in [0.717, 1.165) is 5.82 Å². The van der Waals surface area contributed by atoms with Gasteiger partial charge in [-0.1, -0.05) is 0 Å². The number of nitrogens with one attached hydrogen (secondary N) is 1. The Morgan fingerprint density at radius 2 is 2.62 bits per heavy atom. The summed E-state index contributed by atoms with van der Waals surface area (Å²) in [6.07, 6.45) is 5.74. The van der Waals surface area contributed by atoms with Gasteiger partial charge < -0.3 is 5.32 Å². The highest BCUT2D eigenvalue weighted by molar-refractivity contribution is 5.27. The van der Waals surface area contributed by atoms with Crippen LogP contribution in [0.2, 0.25) is 0 Å². The smallest absolute Gasteiger partial charge is 0.145 e. The highest BCUT2D eigenvalue weighted by Gasteiger charge is 1.81. The predicted molar refractivity (Wildman–Crippen MR) is 30.4 cm³/mol. The molecule has 0 aliphatic rings. The molecule has 0 aromatic carbocycles. The first-order valence-electron chi connectivity index (χ1n) is 2.29. The van der Waals surface area contributed by atoms with Gasteiger partial charge in [0.25, 0.3) is 0 Å². The van der Waals surface area contributed by atoms with Gasteiger partial charge in [0, 0.05) is 7.05 Å². The molecule has 41 valence electrons. The molecule has 0 fully saturated rings. The summed E-state index contributed by atoms with van der Waals surface area (Å²) in [5.74, 6) is 0.743. The van der Waals surface area contributed by atoms with E-state index in [1.54, 1.807) is 13.2 Å². The van der Waals surface area contributed by atoms with E-state index in [2.05, 4.69) is 21.5 Å². The largest absolute Gasteiger partial charge is 0.372 e. The minimum absolute atomic E-state index is 0.743. The molecule has 1 heterocycles. The minimum Gasteiger partial charge on any atom is -0.372 e. The zero-order valence-electron chi connectivity index (χ0n) is 4.55. The summed E-state index contributed by atoms with van der Waals surface area (Å²) in [4.78, 5) is 7.57. The third kappa shape index (κ3) is 0.932. The second kappa shape index (κ2) is 2.26. The molecule has 0 aliphatic heterocycles. The topological polar surface area (TPSA) is 37.8 Å². The average Bonchev–Trinajstić information content (AvgIpc) is 1.90. The summed E-state index contributed by atoms with van der Waals surface area (Å²) in [6.45, 7) is 0. The molecule has 1 radical (unpaired) electrons. The lowest BCUT2D eigenvalue weighted by Gasteiger charge is -1.91. The van der Waals surface area contributed by atoms with Crippen LogP contribution in [-0.4, -0.2) is 17.0 Å². The molecule has 8 heavy (non-hydrogen) atoms. The van der Waals surface area contributed by atoms with Gasteiger partial charge >= 0.3 is 0 Å². The summed E-state index contributed by atoms with van der Waals surface area (Å²) in [7, 11) is 1.79. The predicted octanol–water partition coefficient (Wildman–Crippen LogP) is 0.318. The molecule has 0 atom stereocenters. The first-order valence-corrected chi connectivity index (χ1v) is 2.29. The second-order valence-electron chi connectivity index (χ2n) is 1.28. The van der Waals surface area contributed by atoms with Crippen LogP contribution < -0.4 is 5.32 Å². The van der Waals surface area contributed by atoms with Crippen molar-refractivity contribution in [1.29, 1.82) is 0 Å². The Balaban J connectivity index is 2.83. The summed E-state index contributed by atoms with van der Waals surface area (Å²) in [5, 5.41) is 2.82. The summed E-state index contributed by atoms with van der Waals surface area (Å²) in [5.41, 5.74) is 0. The highest BCUT2D eigenvalue weighted by Crippen LogP contribution is 1.91. The van der Waals surface area contributed by atoms with Crippen LogP contribution in [0.5, 0.6) is 0 Å². The Labute approximate surface area is 47.8 Å². The Hall–Kier alpha value is -1.12. The van der Waals surface area contributed by atoms with Crippen LogP contribution in [0.25, 0.3) is 0 Å². The van der Waals surface area contributed by atoms with Crippen LogP contribution in [-0.2, 0) is 0 Å². The summed E-state index contributed by atoms with van der Waals surface area (Å²) >= 11 is 0. The van der Waals surface area contributed by atoms with Crippen LogP contribution in [0.3, 0.4) is 0 Å². The van der Waals surface area contributed by atoms with Crippen molar-refractivity contribution in [2.45, 2.75) is 0 Å². The van der Waals surface area contributed by atoms with Crippen LogP contribution >= 0.6 is 0 Å². The SMILES string of the molecule is CNc1cnc[c]n1. The van der Waals surface area contributed by atoms with Crippen molar-refractivity contribution in [2.24, 2.45) is 0 Å². The maximum absolute atomic E-state index is 3.80. The maximum atomic E-state index is 3.80. The Morgan fingerprint density at radius 3 is 3.00 bits per heavy atom. The zero-order chi connectivity index (χ0) is 5.82. The molecule has 1 aromatic heterocycles. The molecule has 3 nitrogen and oxygen atoms in total. The molecule has 0 saturated heterocycles. The van der Waals surface area contributed by atoms with E-state index in [9.17, 15) is 0 Å². The number of hydrogen-bond acceptors (Lipinski definition) is 3. The molecular formula is C5H6N3. The van der Waals surface area contributed by atoms with Gasteiger partial charge in [0.2, 0.25) is 0 Å². The average molecular weight is 108 g/mol. The number of rotatable bonds is 1. The summed E-state index contributed by atoms with van der Waals surface area (Å²) in [6, 6.07) is 0. The maximum Gasteiger partial charge on any atom is 0.145 e. The lowest BCUT2D eigenvalue weighted by Crippen LogP contribution is -1.90. The van der Waals surface area contributed by atoms with E-state index in [0.29, 0.717) is 0 Å². The molecule has 0 saturated carbocycles. The van der Waals surface area contributed by atoms with Gasteiger partial charge in [0.15, 0.2) is 0 Å². The number of hydrogen-bond donors (Lipinski definition) is 1. The van der Waals surface area contributed by atoms with Crippen molar-refractivity contribution >= 4 is 5.82 Å². The van der Waals surface area contributed by atoms with Crippen molar-refractivity contribution in [3.05, 3.63) is 18.6 Å². The van der Waals surface area contributed by atoms with E-state index < -0.39 is 0 Å². The number of nitrogens with zero attached hydrogens (tertiary/aromatic N) is 2. The third-order valence-electron chi connectivity index (χ3n) is 0.770. The second-order valence-corrected chi connectivity index (χ2v) is 1.28. The fraction of sp³-hybridized carbons (Fsp3) is 0.200. The first-order chi connectivity index (χ1) is 3.93. The van der Waals surface area contributed by atoms with Crippen molar-refractivity contribution < 1.29 is 0 Å². The number of aromatic nitrogens is 2. The summed E-state index contributed by atoms with van der Waals surface area (Å²) < 4.78 is 0. The van der Waals surface area contributed by atoms with Gasteiger partial charge in [-0.05, 0) is 0 Å². The minimum atomic E-state index is 0.743. The number of anilines is 1. The van der Waals surface area contributed by atoms with Crippen LogP contribution in [0, 0.1) is 6.20 Å². The van der Waals surface area contributed by atoms with Crippen molar-refractivity contribution in [3.63, 3.8) is 0 Å². The van der Waals surface area contributed by atoms with Gasteiger partial charge in [-0.15, -0.1) is 0 Å². The van der Waals surface area contributed by atoms with E-state index >= 15 is 0 Å². The van der Waals surface area contributed by atoms with Crippen molar-refractivity contribution in [1.82, 2.24) is 9.97 Å². The fourth-order valence-corrected chi connectivity index (χ4v) is 0.389. The molecule has 1 aromatic rings. The fourth-order valence-electron chi connectivity index (χ4n) is 0.389. The zero-order valence-corrected chi connectivity index (χ0v) is 4.55. The highest BCUT2D eigenvalue weighted by atomic mass is 15.0. The Morgan fingerprint density at radius 1 is 1.75 bits per heavy atom. The first kappa shape index (κ1) is 5.03. The van der Waals surface area contributed by atoms with Gasteiger partial charge in [0.1, 0.15) is 12.0 Å². The molecule has 3 heteroatoms. The van der Waals surface area contributed by atoms with E-state index in [1.807, 2.05) is 0 Å². The molecule has 1 rings (SSSR count). The van der Waals surface area contributed by atoms with Gasteiger partial charge in [-0.2, -0.15) is 0 Å². The third-order valence-corrected chi connectivity index (χ3v) is 0.770. The van der Waals surface area contributed by atoms with Crippen molar-refractivity contribution in [3.8, 4) is 0 Å².